The van der Waals surface area contributed by atoms with Crippen molar-refractivity contribution in [3.8, 4) is 11.6 Å². The van der Waals surface area contributed by atoms with Crippen LogP contribution in [0.15, 0.2) is 85.5 Å². The van der Waals surface area contributed by atoms with Crippen LogP contribution >= 0.6 is 0 Å². The molecule has 15 heteroatoms. The number of carbonyl (C=O) groups is 1. The van der Waals surface area contributed by atoms with Gasteiger partial charge in [0.2, 0.25) is 11.9 Å². The second-order valence-electron chi connectivity index (χ2n) is 21.8. The highest BCUT2D eigenvalue weighted by molar-refractivity contribution is 5.95. The SMILES string of the molecule is CC(C(=O)C(C)N1CCN(c2cccc3c2ccn3-c2ccnc(NC3CCC(C(C)(C)O)CC3)n2)CC1)N1CCN(c2cccc3c2ccn3-c2ccnc(NC3CCC(C(C)(C)O)CC3)n2)CC1. The number of Topliss-reactive ketones (excluding diaryl/α,β-unsaturated/α-hetero) is 1. The molecular formula is C55H74N12O3. The largest absolute Gasteiger partial charge is 0.390 e. The summed E-state index contributed by atoms with van der Waals surface area (Å²) in [6.07, 6.45) is 15.8. The summed E-state index contributed by atoms with van der Waals surface area (Å²) in [6, 6.07) is 21.6. The van der Waals surface area contributed by atoms with E-state index in [9.17, 15) is 15.0 Å². The number of aliphatic hydroxyl groups is 2. The van der Waals surface area contributed by atoms with Crippen molar-refractivity contribution < 1.29 is 15.0 Å². The van der Waals surface area contributed by atoms with E-state index in [4.69, 9.17) is 9.97 Å². The normalized spacial score (nSPS) is 23.1. The van der Waals surface area contributed by atoms with Crippen LogP contribution in [-0.2, 0) is 4.79 Å². The first-order chi connectivity index (χ1) is 33.7. The van der Waals surface area contributed by atoms with E-state index in [1.54, 1.807) is 0 Å². The Balaban J connectivity index is 0.720. The molecule has 4 fully saturated rings. The molecule has 2 aliphatic carbocycles. The van der Waals surface area contributed by atoms with Crippen molar-refractivity contribution in [3.05, 3.63) is 85.5 Å². The smallest absolute Gasteiger partial charge is 0.224 e. The fourth-order valence-corrected chi connectivity index (χ4v) is 12.0. The molecule has 15 nitrogen and oxygen atoms in total. The van der Waals surface area contributed by atoms with Gasteiger partial charge in [-0.3, -0.25) is 14.6 Å². The third-order valence-corrected chi connectivity index (χ3v) is 16.5. The predicted octanol–water partition coefficient (Wildman–Crippen LogP) is 7.93. The molecule has 4 aromatic heterocycles. The summed E-state index contributed by atoms with van der Waals surface area (Å²) < 4.78 is 4.30. The van der Waals surface area contributed by atoms with Gasteiger partial charge >= 0.3 is 0 Å². The number of rotatable bonds is 14. The summed E-state index contributed by atoms with van der Waals surface area (Å²) in [5.41, 5.74) is 3.34. The van der Waals surface area contributed by atoms with Gasteiger partial charge in [-0.15, -0.1) is 0 Å². The molecule has 4 N–H and O–H groups in total. The number of nitrogens with one attached hydrogen (secondary N) is 2. The maximum atomic E-state index is 14.2. The molecular weight excluding hydrogens is 877 g/mol. The minimum atomic E-state index is -0.640. The average molecular weight is 951 g/mol. The van der Waals surface area contributed by atoms with Crippen LogP contribution < -0.4 is 20.4 Å². The molecule has 0 amide bonds. The Morgan fingerprint density at radius 2 is 0.943 bits per heavy atom. The standard InChI is InChI=1S/C55H74N12O3/c1-37(62-29-33-64(34-30-62)45-9-7-11-47-43(45)23-27-66(47)49-21-25-56-52(60-49)58-41-17-13-39(14-18-41)54(3,4)69)51(68)38(2)63-31-35-65(36-32-63)46-10-8-12-48-44(46)24-28-67(48)50-22-26-57-53(61-50)59-42-19-15-40(16-20-42)55(5,6)70/h7-12,21-28,37-42,69-70H,13-20,29-36H2,1-6H3,(H,56,58,60)(H,57,59,61). The zero-order valence-corrected chi connectivity index (χ0v) is 42.1. The number of hydrogen-bond donors (Lipinski definition) is 4. The van der Waals surface area contributed by atoms with Crippen LogP contribution in [0.2, 0.25) is 0 Å². The molecule has 0 bridgehead atoms. The molecule has 10 rings (SSSR count). The van der Waals surface area contributed by atoms with Gasteiger partial charge in [-0.05, 0) is 153 Å². The van der Waals surface area contributed by atoms with Crippen LogP contribution in [0.25, 0.3) is 33.4 Å². The third kappa shape index (κ3) is 10.1. The predicted molar refractivity (Wildman–Crippen MR) is 281 cm³/mol. The van der Waals surface area contributed by atoms with Gasteiger partial charge in [0.05, 0.1) is 34.3 Å². The van der Waals surface area contributed by atoms with E-state index < -0.39 is 11.2 Å². The molecule has 0 radical (unpaired) electrons. The van der Waals surface area contributed by atoms with E-state index in [1.165, 1.54) is 22.1 Å². The topological polar surface area (TPSA) is 156 Å². The molecule has 0 spiro atoms. The van der Waals surface area contributed by atoms with Crippen molar-refractivity contribution >= 4 is 50.9 Å². The van der Waals surface area contributed by atoms with Gasteiger partial charge in [0.25, 0.3) is 0 Å². The summed E-state index contributed by atoms with van der Waals surface area (Å²) in [7, 11) is 0. The Kier molecular flexibility index (Phi) is 13.6. The van der Waals surface area contributed by atoms with Crippen LogP contribution in [-0.4, -0.2) is 143 Å². The molecule has 2 saturated carbocycles. The van der Waals surface area contributed by atoms with Crippen molar-refractivity contribution in [1.29, 1.82) is 0 Å². The maximum Gasteiger partial charge on any atom is 0.224 e. The molecule has 6 aromatic rings. The lowest BCUT2D eigenvalue weighted by Gasteiger charge is -2.42. The van der Waals surface area contributed by atoms with Gasteiger partial charge in [-0.2, -0.15) is 9.97 Å². The van der Waals surface area contributed by atoms with Crippen molar-refractivity contribution in [2.75, 3.05) is 72.8 Å². The Labute approximate surface area is 413 Å². The van der Waals surface area contributed by atoms with Gasteiger partial charge in [-0.1, -0.05) is 12.1 Å². The second-order valence-corrected chi connectivity index (χ2v) is 21.8. The minimum absolute atomic E-state index is 0.163. The third-order valence-electron chi connectivity index (χ3n) is 16.5. The van der Waals surface area contributed by atoms with E-state index in [1.807, 2.05) is 52.2 Å². The van der Waals surface area contributed by atoms with Gasteiger partial charge in [0.1, 0.15) is 11.6 Å². The number of hydrogen-bond acceptors (Lipinski definition) is 13. The molecule has 2 atom stereocenters. The first-order valence-electron chi connectivity index (χ1n) is 26.0. The first kappa shape index (κ1) is 48.0. The molecule has 2 unspecified atom stereocenters. The van der Waals surface area contributed by atoms with E-state index in [0.29, 0.717) is 41.6 Å². The van der Waals surface area contributed by atoms with Crippen molar-refractivity contribution in [1.82, 2.24) is 38.9 Å². The number of piperazine rings is 2. The highest BCUT2D eigenvalue weighted by atomic mass is 16.3. The van der Waals surface area contributed by atoms with Crippen molar-refractivity contribution in [3.63, 3.8) is 0 Å². The van der Waals surface area contributed by atoms with Crippen LogP contribution in [0.5, 0.6) is 0 Å². The highest BCUT2D eigenvalue weighted by Crippen LogP contribution is 2.36. The Hall–Kier alpha value is -5.61. The fourth-order valence-electron chi connectivity index (χ4n) is 12.0. The molecule has 2 aliphatic heterocycles. The zero-order valence-electron chi connectivity index (χ0n) is 42.1. The molecule has 372 valence electrons. The summed E-state index contributed by atoms with van der Waals surface area (Å²) in [4.78, 5) is 42.9. The number of aromatic nitrogens is 6. The lowest BCUT2D eigenvalue weighted by molar-refractivity contribution is -0.128. The first-order valence-corrected chi connectivity index (χ1v) is 26.0. The summed E-state index contributed by atoms with van der Waals surface area (Å²) in [6.45, 7) is 18.6. The quantitative estimate of drug-likeness (QED) is 0.0837. The van der Waals surface area contributed by atoms with Crippen LogP contribution in [0.3, 0.4) is 0 Å². The van der Waals surface area contributed by atoms with Crippen LogP contribution in [0.1, 0.15) is 92.9 Å². The number of carbonyl (C=O) groups excluding carboxylic acids is 1. The van der Waals surface area contributed by atoms with Crippen molar-refractivity contribution in [2.24, 2.45) is 11.8 Å². The minimum Gasteiger partial charge on any atom is -0.390 e. The fraction of sp³-hybridized carbons (Fsp3) is 0.545. The number of fused-ring (bicyclic) bond motifs is 2. The van der Waals surface area contributed by atoms with Gasteiger partial charge < -0.3 is 39.8 Å². The van der Waals surface area contributed by atoms with E-state index >= 15 is 0 Å². The van der Waals surface area contributed by atoms with Crippen LogP contribution in [0, 0.1) is 11.8 Å². The van der Waals surface area contributed by atoms with Gasteiger partial charge in [-0.25, -0.2) is 9.97 Å². The number of benzene rings is 2. The van der Waals surface area contributed by atoms with Gasteiger partial charge in [0.15, 0.2) is 5.78 Å². The molecule has 4 aliphatic rings. The highest BCUT2D eigenvalue weighted by Gasteiger charge is 2.35. The lowest BCUT2D eigenvalue weighted by atomic mass is 9.77. The summed E-state index contributed by atoms with van der Waals surface area (Å²) in [5.74, 6) is 3.87. The summed E-state index contributed by atoms with van der Waals surface area (Å²) in [5, 5.41) is 30.5. The zero-order chi connectivity index (χ0) is 48.7. The lowest BCUT2D eigenvalue weighted by Crippen LogP contribution is -2.57. The molecule has 70 heavy (non-hydrogen) atoms. The number of ketones is 1. The monoisotopic (exact) mass is 951 g/mol. The Bertz CT molecular complexity index is 2560. The number of nitrogens with zero attached hydrogens (tertiary/aromatic N) is 10. The average Bonchev–Trinajstić information content (AvgIpc) is 4.01. The molecule has 2 aromatic carbocycles. The summed E-state index contributed by atoms with van der Waals surface area (Å²) >= 11 is 0. The van der Waals surface area contributed by atoms with E-state index in [2.05, 4.69) is 124 Å². The molecule has 2 saturated heterocycles. The maximum absolute atomic E-state index is 14.2. The Morgan fingerprint density at radius 3 is 1.31 bits per heavy atom. The van der Waals surface area contributed by atoms with Gasteiger partial charge in [0, 0.05) is 111 Å². The number of anilines is 4. The molecule has 6 heterocycles. The van der Waals surface area contributed by atoms with E-state index in [-0.39, 0.29) is 12.1 Å². The van der Waals surface area contributed by atoms with Crippen LogP contribution in [0.4, 0.5) is 23.3 Å². The Morgan fingerprint density at radius 1 is 0.557 bits per heavy atom. The van der Waals surface area contributed by atoms with Crippen molar-refractivity contribution in [2.45, 2.75) is 128 Å². The van der Waals surface area contributed by atoms with E-state index in [0.717, 1.165) is 126 Å². The second kappa shape index (κ2) is 19.9.